The number of thiocarbonyl (C=S) groups is 1. The van der Waals surface area contributed by atoms with Crippen molar-refractivity contribution in [2.75, 3.05) is 5.73 Å². The van der Waals surface area contributed by atoms with Gasteiger partial charge in [0, 0.05) is 16.7 Å². The average Bonchev–Trinajstić information content (AvgIpc) is 2.61. The van der Waals surface area contributed by atoms with E-state index in [9.17, 15) is 0 Å². The zero-order valence-electron chi connectivity index (χ0n) is 8.22. The largest absolute Gasteiger partial charge is 0.383 e. The Bertz CT molecular complexity index is 532. The lowest BCUT2D eigenvalue weighted by atomic mass is 10.1. The van der Waals surface area contributed by atoms with Crippen molar-refractivity contribution in [1.82, 2.24) is 9.78 Å². The Morgan fingerprint density at radius 3 is 2.44 bits per heavy atom. The number of rotatable bonds is 1. The molecule has 0 bridgehead atoms. The van der Waals surface area contributed by atoms with E-state index in [4.69, 9.17) is 35.3 Å². The monoisotopic (exact) mass is 252 g/mol. The van der Waals surface area contributed by atoms with Crippen molar-refractivity contribution < 1.29 is 0 Å². The van der Waals surface area contributed by atoms with Gasteiger partial charge in [0.2, 0.25) is 0 Å². The van der Waals surface area contributed by atoms with Crippen molar-refractivity contribution >= 4 is 34.7 Å². The molecule has 0 saturated carbocycles. The lowest BCUT2D eigenvalue weighted by Gasteiger charge is -1.98. The van der Waals surface area contributed by atoms with E-state index in [2.05, 4.69) is 5.10 Å². The van der Waals surface area contributed by atoms with Crippen LogP contribution in [0.1, 0.15) is 0 Å². The first-order valence-corrected chi connectivity index (χ1v) is 5.28. The van der Waals surface area contributed by atoms with Gasteiger partial charge in [-0.15, -0.1) is 0 Å². The number of halogens is 1. The Morgan fingerprint density at radius 1 is 1.31 bits per heavy atom. The molecule has 2 rings (SSSR count). The molecule has 0 unspecified atom stereocenters. The van der Waals surface area contributed by atoms with Crippen molar-refractivity contribution in [2.45, 2.75) is 0 Å². The molecule has 0 fully saturated rings. The van der Waals surface area contributed by atoms with Gasteiger partial charge in [-0.1, -0.05) is 23.7 Å². The lowest BCUT2D eigenvalue weighted by Crippen LogP contribution is -2.21. The fourth-order valence-electron chi connectivity index (χ4n) is 1.33. The Hall–Kier alpha value is -1.59. The summed E-state index contributed by atoms with van der Waals surface area (Å²) in [6.07, 6.45) is 0. The fraction of sp³-hybridized carbons (Fsp3) is 0. The number of nitrogen functional groups attached to an aromatic ring is 1. The second-order valence-corrected chi connectivity index (χ2v) is 4.07. The number of hydrogen-bond acceptors (Lipinski definition) is 3. The van der Waals surface area contributed by atoms with Crippen LogP contribution in [-0.4, -0.2) is 14.9 Å². The van der Waals surface area contributed by atoms with E-state index >= 15 is 0 Å². The minimum absolute atomic E-state index is 0.123. The molecule has 1 aromatic carbocycles. The van der Waals surface area contributed by atoms with Crippen molar-refractivity contribution in [3.63, 3.8) is 0 Å². The van der Waals surface area contributed by atoms with Crippen LogP contribution < -0.4 is 11.5 Å². The first-order chi connectivity index (χ1) is 7.58. The first kappa shape index (κ1) is 10.9. The fourth-order valence-corrected chi connectivity index (χ4v) is 1.61. The second kappa shape index (κ2) is 4.11. The molecule has 2 aromatic rings. The van der Waals surface area contributed by atoms with Gasteiger partial charge in [0.15, 0.2) is 5.11 Å². The molecular formula is C10H9ClN4S. The molecule has 0 aliphatic heterocycles. The van der Waals surface area contributed by atoms with Gasteiger partial charge in [0.1, 0.15) is 5.82 Å². The highest BCUT2D eigenvalue weighted by Gasteiger charge is 2.08. The number of nitrogens with zero attached hydrogens (tertiary/aromatic N) is 2. The molecule has 0 aliphatic carbocycles. The predicted octanol–water partition coefficient (Wildman–Crippen LogP) is 1.88. The van der Waals surface area contributed by atoms with Crippen LogP contribution in [0.2, 0.25) is 5.02 Å². The van der Waals surface area contributed by atoms with Crippen molar-refractivity contribution in [3.8, 4) is 11.3 Å². The van der Waals surface area contributed by atoms with E-state index < -0.39 is 0 Å². The third-order valence-electron chi connectivity index (χ3n) is 2.09. The number of anilines is 1. The number of nitrogens with two attached hydrogens (primary N) is 2. The van der Waals surface area contributed by atoms with Gasteiger partial charge in [-0.25, -0.2) is 0 Å². The van der Waals surface area contributed by atoms with E-state index in [0.717, 1.165) is 5.56 Å². The molecule has 0 amide bonds. The smallest absolute Gasteiger partial charge is 0.193 e. The number of hydrogen-bond donors (Lipinski definition) is 2. The predicted molar refractivity (Wildman–Crippen MR) is 69.3 cm³/mol. The number of benzene rings is 1. The summed E-state index contributed by atoms with van der Waals surface area (Å²) >= 11 is 10.6. The van der Waals surface area contributed by atoms with Gasteiger partial charge in [-0.05, 0) is 24.4 Å². The van der Waals surface area contributed by atoms with Crippen molar-refractivity contribution in [2.24, 2.45) is 5.73 Å². The topological polar surface area (TPSA) is 69.9 Å². The molecule has 0 aliphatic rings. The van der Waals surface area contributed by atoms with Gasteiger partial charge in [0.25, 0.3) is 0 Å². The second-order valence-electron chi connectivity index (χ2n) is 3.21. The van der Waals surface area contributed by atoms with Crippen LogP contribution in [0.3, 0.4) is 0 Å². The third kappa shape index (κ3) is 2.00. The molecule has 16 heavy (non-hydrogen) atoms. The Labute approximate surface area is 103 Å². The minimum Gasteiger partial charge on any atom is -0.383 e. The van der Waals surface area contributed by atoms with E-state index in [0.29, 0.717) is 16.5 Å². The van der Waals surface area contributed by atoms with Gasteiger partial charge < -0.3 is 11.5 Å². The highest BCUT2D eigenvalue weighted by Crippen LogP contribution is 2.21. The minimum atomic E-state index is 0.123. The molecule has 0 spiro atoms. The normalized spacial score (nSPS) is 10.3. The molecule has 0 atom stereocenters. The summed E-state index contributed by atoms with van der Waals surface area (Å²) in [4.78, 5) is 0. The average molecular weight is 253 g/mol. The summed E-state index contributed by atoms with van der Waals surface area (Å²) in [6.45, 7) is 0. The van der Waals surface area contributed by atoms with Crippen LogP contribution in [0.25, 0.3) is 11.3 Å². The van der Waals surface area contributed by atoms with Crippen LogP contribution in [0.5, 0.6) is 0 Å². The van der Waals surface area contributed by atoms with Crippen LogP contribution in [0, 0.1) is 0 Å². The molecular weight excluding hydrogens is 244 g/mol. The molecule has 4 N–H and O–H groups in total. The molecule has 0 saturated heterocycles. The zero-order valence-corrected chi connectivity index (χ0v) is 9.79. The summed E-state index contributed by atoms with van der Waals surface area (Å²) in [5.41, 5.74) is 12.8. The Morgan fingerprint density at radius 2 is 1.94 bits per heavy atom. The molecule has 1 aromatic heterocycles. The van der Waals surface area contributed by atoms with E-state index in [1.807, 2.05) is 12.1 Å². The van der Waals surface area contributed by atoms with E-state index in [-0.39, 0.29) is 5.11 Å². The quantitative estimate of drug-likeness (QED) is 0.761. The Kier molecular flexibility index (Phi) is 2.80. The van der Waals surface area contributed by atoms with Crippen LogP contribution in [0.15, 0.2) is 30.3 Å². The summed E-state index contributed by atoms with van der Waals surface area (Å²) < 4.78 is 1.32. The molecule has 4 nitrogen and oxygen atoms in total. The number of aromatic nitrogens is 2. The molecule has 0 radical (unpaired) electrons. The van der Waals surface area contributed by atoms with Crippen LogP contribution in [0.4, 0.5) is 5.82 Å². The Balaban J connectivity index is 2.45. The highest BCUT2D eigenvalue weighted by atomic mass is 35.5. The summed E-state index contributed by atoms with van der Waals surface area (Å²) in [7, 11) is 0. The van der Waals surface area contributed by atoms with Crippen LogP contribution >= 0.6 is 23.8 Å². The lowest BCUT2D eigenvalue weighted by molar-refractivity contribution is 0.954. The van der Waals surface area contributed by atoms with Gasteiger partial charge in [-0.2, -0.15) is 9.78 Å². The van der Waals surface area contributed by atoms with Gasteiger partial charge in [-0.3, -0.25) is 0 Å². The third-order valence-corrected chi connectivity index (χ3v) is 2.51. The van der Waals surface area contributed by atoms with Crippen LogP contribution in [-0.2, 0) is 0 Å². The SMILES string of the molecule is NC(=S)n1nc(-c2ccc(Cl)cc2)cc1N. The standard InChI is InChI=1S/C10H9ClN4S/c11-7-3-1-6(2-4-7)8-5-9(12)15(14-8)10(13)16/h1-5H,12H2,(H2,13,16). The van der Waals surface area contributed by atoms with Gasteiger partial charge in [0.05, 0.1) is 5.69 Å². The summed E-state index contributed by atoms with van der Waals surface area (Å²) in [5, 5.41) is 4.99. The first-order valence-electron chi connectivity index (χ1n) is 4.49. The summed E-state index contributed by atoms with van der Waals surface area (Å²) in [5.74, 6) is 0.414. The zero-order chi connectivity index (χ0) is 11.7. The molecule has 1 heterocycles. The molecule has 6 heteroatoms. The maximum absolute atomic E-state index is 5.79. The van der Waals surface area contributed by atoms with Gasteiger partial charge >= 0.3 is 0 Å². The maximum Gasteiger partial charge on any atom is 0.193 e. The highest BCUT2D eigenvalue weighted by molar-refractivity contribution is 7.80. The van der Waals surface area contributed by atoms with E-state index in [1.165, 1.54) is 4.68 Å². The molecule has 82 valence electrons. The van der Waals surface area contributed by atoms with Crippen molar-refractivity contribution in [3.05, 3.63) is 35.4 Å². The summed E-state index contributed by atoms with van der Waals surface area (Å²) in [6, 6.07) is 8.99. The van der Waals surface area contributed by atoms with E-state index in [1.54, 1.807) is 18.2 Å². The maximum atomic E-state index is 5.79. The van der Waals surface area contributed by atoms with Crippen molar-refractivity contribution in [1.29, 1.82) is 0 Å².